The third-order valence-electron chi connectivity index (χ3n) is 7.21. The summed E-state index contributed by atoms with van der Waals surface area (Å²) in [5.41, 5.74) is 3.32. The van der Waals surface area contributed by atoms with E-state index in [1.165, 1.54) is 5.56 Å². The van der Waals surface area contributed by atoms with Gasteiger partial charge in [0, 0.05) is 44.6 Å². The summed E-state index contributed by atoms with van der Waals surface area (Å²) in [6, 6.07) is 19.8. The Bertz CT molecular complexity index is 1220. The summed E-state index contributed by atoms with van der Waals surface area (Å²) in [7, 11) is -3.48. The lowest BCUT2D eigenvalue weighted by Crippen LogP contribution is -2.50. The smallest absolute Gasteiger partial charge is 0.243 e. The molecule has 0 aliphatic carbocycles. The molecule has 0 amide bonds. The maximum Gasteiger partial charge on any atom is 0.243 e. The number of likely N-dealkylation sites (tertiary alicyclic amines) is 1. The van der Waals surface area contributed by atoms with Crippen LogP contribution in [0.15, 0.2) is 78.0 Å². The lowest BCUT2D eigenvalue weighted by atomic mass is 10.00. The van der Waals surface area contributed by atoms with Crippen molar-refractivity contribution < 1.29 is 13.2 Å². The number of hydrogen-bond donors (Lipinski definition) is 0. The van der Waals surface area contributed by atoms with Crippen molar-refractivity contribution in [2.45, 2.75) is 49.6 Å². The Morgan fingerprint density at radius 2 is 1.51 bits per heavy atom. The van der Waals surface area contributed by atoms with Crippen LogP contribution >= 0.6 is 0 Å². The molecule has 2 aliphatic rings. The monoisotopic (exact) mass is 491 g/mol. The lowest BCUT2D eigenvalue weighted by molar-refractivity contribution is 0.0585. The van der Waals surface area contributed by atoms with E-state index in [9.17, 15) is 8.42 Å². The van der Waals surface area contributed by atoms with E-state index in [0.29, 0.717) is 24.0 Å². The summed E-state index contributed by atoms with van der Waals surface area (Å²) >= 11 is 0. The van der Waals surface area contributed by atoms with Gasteiger partial charge in [-0.25, -0.2) is 8.42 Å². The highest BCUT2D eigenvalue weighted by Gasteiger charge is 2.33. The second-order valence-corrected chi connectivity index (χ2v) is 11.5. The Kier molecular flexibility index (Phi) is 7.18. The number of nitrogens with zero attached hydrogens (tertiary/aromatic N) is 3. The van der Waals surface area contributed by atoms with Gasteiger partial charge in [-0.3, -0.25) is 4.98 Å². The van der Waals surface area contributed by atoms with E-state index in [-0.39, 0.29) is 6.10 Å². The van der Waals surface area contributed by atoms with Crippen LogP contribution in [0.2, 0.25) is 0 Å². The van der Waals surface area contributed by atoms with Gasteiger partial charge in [0.15, 0.2) is 0 Å². The summed E-state index contributed by atoms with van der Waals surface area (Å²) in [5.74, 6) is 0.879. The summed E-state index contributed by atoms with van der Waals surface area (Å²) < 4.78 is 34.3. The number of piperidine rings is 2. The lowest BCUT2D eigenvalue weighted by Gasteiger charge is -2.41. The molecule has 0 radical (unpaired) electrons. The molecule has 2 fully saturated rings. The molecule has 0 saturated carbocycles. The van der Waals surface area contributed by atoms with Gasteiger partial charge in [-0.2, -0.15) is 4.31 Å². The summed E-state index contributed by atoms with van der Waals surface area (Å²) in [5, 5.41) is 0. The standard InChI is InChI=1S/C28H33N3O3S/c1-22-3-2-4-24(21-22)23-5-7-28(8-6-23)35(32,33)31-19-11-25(12-20-31)30-17-13-27(14-18-30)34-26-9-15-29-16-10-26/h2-10,15-16,21,25,27H,11-14,17-20H2,1H3. The maximum atomic E-state index is 13.3. The van der Waals surface area contributed by atoms with Crippen molar-refractivity contribution in [1.29, 1.82) is 0 Å². The van der Waals surface area contributed by atoms with Gasteiger partial charge in [0.2, 0.25) is 10.0 Å². The van der Waals surface area contributed by atoms with Crippen molar-refractivity contribution in [2.24, 2.45) is 0 Å². The zero-order chi connectivity index (χ0) is 24.3. The number of ether oxygens (including phenoxy) is 1. The van der Waals surface area contributed by atoms with Gasteiger partial charge in [0.25, 0.3) is 0 Å². The number of aryl methyl sites for hydroxylation is 1. The first-order chi connectivity index (χ1) is 17.0. The highest BCUT2D eigenvalue weighted by molar-refractivity contribution is 7.89. The molecule has 5 rings (SSSR count). The van der Waals surface area contributed by atoms with Crippen molar-refractivity contribution in [3.05, 3.63) is 78.6 Å². The Labute approximate surface area is 208 Å². The van der Waals surface area contributed by atoms with Crippen LogP contribution in [0, 0.1) is 6.92 Å². The largest absolute Gasteiger partial charge is 0.490 e. The Balaban J connectivity index is 1.14. The van der Waals surface area contributed by atoms with Crippen LogP contribution in [0.25, 0.3) is 11.1 Å². The van der Waals surface area contributed by atoms with E-state index in [0.717, 1.165) is 55.6 Å². The number of benzene rings is 2. The van der Waals surface area contributed by atoms with E-state index in [2.05, 4.69) is 35.0 Å². The van der Waals surface area contributed by atoms with Crippen molar-refractivity contribution in [3.8, 4) is 16.9 Å². The fraction of sp³-hybridized carbons (Fsp3) is 0.393. The van der Waals surface area contributed by atoms with Crippen LogP contribution < -0.4 is 4.74 Å². The molecule has 2 saturated heterocycles. The average Bonchev–Trinajstić information content (AvgIpc) is 2.90. The fourth-order valence-electron chi connectivity index (χ4n) is 5.21. The number of hydrogen-bond acceptors (Lipinski definition) is 5. The minimum Gasteiger partial charge on any atom is -0.490 e. The predicted molar refractivity (Wildman–Crippen MR) is 138 cm³/mol. The van der Waals surface area contributed by atoms with E-state index < -0.39 is 10.0 Å². The van der Waals surface area contributed by atoms with Gasteiger partial charge in [0.05, 0.1) is 4.90 Å². The molecule has 0 bridgehead atoms. The summed E-state index contributed by atoms with van der Waals surface area (Å²) in [6.45, 7) is 5.19. The quantitative estimate of drug-likeness (QED) is 0.498. The SMILES string of the molecule is Cc1cccc(-c2ccc(S(=O)(=O)N3CCC(N4CCC(Oc5ccncc5)CC4)CC3)cc2)c1. The maximum absolute atomic E-state index is 13.3. The van der Waals surface area contributed by atoms with Crippen LogP contribution in [0.3, 0.4) is 0 Å². The Hall–Kier alpha value is -2.74. The minimum atomic E-state index is -3.48. The van der Waals surface area contributed by atoms with Crippen LogP contribution in [0.1, 0.15) is 31.2 Å². The number of rotatable bonds is 6. The van der Waals surface area contributed by atoms with Crippen molar-refractivity contribution in [3.63, 3.8) is 0 Å². The van der Waals surface area contributed by atoms with Crippen LogP contribution in [-0.4, -0.2) is 60.9 Å². The van der Waals surface area contributed by atoms with Gasteiger partial charge in [-0.1, -0.05) is 42.0 Å². The second kappa shape index (κ2) is 10.5. The fourth-order valence-corrected chi connectivity index (χ4v) is 6.68. The van der Waals surface area contributed by atoms with E-state index in [4.69, 9.17) is 4.74 Å². The first kappa shape index (κ1) is 24.0. The third-order valence-corrected chi connectivity index (χ3v) is 9.13. The molecule has 3 aromatic rings. The molecule has 2 aliphatic heterocycles. The normalized spacial score (nSPS) is 19.0. The molecule has 184 valence electrons. The molecule has 6 nitrogen and oxygen atoms in total. The number of aromatic nitrogens is 1. The van der Waals surface area contributed by atoms with Crippen LogP contribution in [0.5, 0.6) is 5.75 Å². The first-order valence-corrected chi connectivity index (χ1v) is 13.9. The molecule has 0 N–H and O–H groups in total. The minimum absolute atomic E-state index is 0.233. The van der Waals surface area contributed by atoms with Crippen LogP contribution in [0.4, 0.5) is 0 Å². The average molecular weight is 492 g/mol. The Morgan fingerprint density at radius 3 is 2.17 bits per heavy atom. The topological polar surface area (TPSA) is 62.7 Å². The van der Waals surface area contributed by atoms with E-state index in [1.54, 1.807) is 28.8 Å². The van der Waals surface area contributed by atoms with E-state index in [1.807, 2.05) is 30.3 Å². The van der Waals surface area contributed by atoms with Crippen molar-refractivity contribution in [1.82, 2.24) is 14.2 Å². The first-order valence-electron chi connectivity index (χ1n) is 12.5. The molecular weight excluding hydrogens is 458 g/mol. The zero-order valence-corrected chi connectivity index (χ0v) is 21.0. The van der Waals surface area contributed by atoms with Gasteiger partial charge < -0.3 is 9.64 Å². The molecule has 0 atom stereocenters. The van der Waals surface area contributed by atoms with Gasteiger partial charge in [0.1, 0.15) is 11.9 Å². The highest BCUT2D eigenvalue weighted by atomic mass is 32.2. The second-order valence-electron chi connectivity index (χ2n) is 9.57. The Morgan fingerprint density at radius 1 is 0.829 bits per heavy atom. The molecule has 3 heterocycles. The summed E-state index contributed by atoms with van der Waals surface area (Å²) in [6.07, 6.45) is 7.47. The number of sulfonamides is 1. The van der Waals surface area contributed by atoms with Gasteiger partial charge in [-0.15, -0.1) is 0 Å². The highest BCUT2D eigenvalue weighted by Crippen LogP contribution is 2.28. The van der Waals surface area contributed by atoms with E-state index >= 15 is 0 Å². The third kappa shape index (κ3) is 5.58. The summed E-state index contributed by atoms with van der Waals surface area (Å²) in [4.78, 5) is 6.94. The predicted octanol–water partition coefficient (Wildman–Crippen LogP) is 4.75. The van der Waals surface area contributed by atoms with Gasteiger partial charge in [-0.05, 0) is 68.0 Å². The van der Waals surface area contributed by atoms with Crippen LogP contribution in [-0.2, 0) is 10.0 Å². The molecule has 2 aromatic carbocycles. The van der Waals surface area contributed by atoms with Gasteiger partial charge >= 0.3 is 0 Å². The molecule has 7 heteroatoms. The molecule has 1 aromatic heterocycles. The molecule has 35 heavy (non-hydrogen) atoms. The van der Waals surface area contributed by atoms with Crippen molar-refractivity contribution >= 4 is 10.0 Å². The van der Waals surface area contributed by atoms with Crippen molar-refractivity contribution in [2.75, 3.05) is 26.2 Å². The molecule has 0 unspecified atom stereocenters. The zero-order valence-electron chi connectivity index (χ0n) is 20.2. The molecule has 0 spiro atoms. The molecular formula is C28H33N3O3S. The number of pyridine rings is 1.